The molecule has 0 unspecified atom stereocenters. The van der Waals surface area contributed by atoms with E-state index < -0.39 is 108 Å². The molecule has 0 fully saturated rings. The second-order valence-corrected chi connectivity index (χ2v) is 19.4. The first-order valence-electron chi connectivity index (χ1n) is 25.5. The number of nitrogens with one attached hydrogen (secondary N) is 8. The smallest absolute Gasteiger partial charge is 0.327 e. The van der Waals surface area contributed by atoms with Crippen molar-refractivity contribution in [3.8, 4) is 0 Å². The number of hydrogen-bond donors (Lipinski definition) is 14. The van der Waals surface area contributed by atoms with Gasteiger partial charge in [-0.2, -0.15) is 25.3 Å². The van der Waals surface area contributed by atoms with Crippen LogP contribution in [0, 0.1) is 0 Å². The van der Waals surface area contributed by atoms with Crippen LogP contribution in [0.15, 0.2) is 121 Å². The van der Waals surface area contributed by atoms with Crippen LogP contribution in [0.4, 0.5) is 0 Å². The van der Waals surface area contributed by atoms with Crippen LogP contribution in [-0.4, -0.2) is 153 Å². The molecule has 0 spiro atoms. The van der Waals surface area contributed by atoms with Gasteiger partial charge >= 0.3 is 5.97 Å². The number of carbonyl (C=O) groups is 9. The summed E-state index contributed by atoms with van der Waals surface area (Å²) in [5.74, 6) is -8.82. The van der Waals surface area contributed by atoms with Gasteiger partial charge in [0.15, 0.2) is 6.17 Å². The van der Waals surface area contributed by atoms with E-state index in [9.17, 15) is 53.4 Å². The zero-order chi connectivity index (χ0) is 57.4. The number of unbranched alkanes of at least 4 members (excludes halogenated alkanes) is 1. The maximum Gasteiger partial charge on any atom is 0.327 e. The highest BCUT2D eigenvalue weighted by molar-refractivity contribution is 7.80. The molecule has 8 atom stereocenters. The van der Waals surface area contributed by atoms with E-state index in [-0.39, 0.29) is 56.6 Å². The Bertz CT molecular complexity index is 2850. The fraction of sp³-hybridized carbons (Fsp3) is 0.364. The number of carboxylic acid groups (broad SMARTS) is 1. The molecular formula is C55H69N11O11S2. The van der Waals surface area contributed by atoms with Crippen LogP contribution < -0.4 is 48.7 Å². The molecule has 5 aromatic rings. The number of aromatic amines is 1. The lowest BCUT2D eigenvalue weighted by atomic mass is 10.00. The summed E-state index contributed by atoms with van der Waals surface area (Å²) in [7, 11) is 1.12. The minimum absolute atomic E-state index is 0.0128. The number of carboxylic acids is 1. The van der Waals surface area contributed by atoms with Gasteiger partial charge in [-0.05, 0) is 54.1 Å². The zero-order valence-electron chi connectivity index (χ0n) is 43.5. The number of fused-ring (bicyclic) bond motifs is 1. The minimum Gasteiger partial charge on any atom is -0.480 e. The number of benzene rings is 4. The van der Waals surface area contributed by atoms with Crippen molar-refractivity contribution in [2.24, 2.45) is 11.5 Å². The molecule has 0 saturated carbocycles. The van der Waals surface area contributed by atoms with Crippen LogP contribution >= 0.6 is 25.3 Å². The standard InChI is InChI=1S/C55H69N11O11S2/c1-66(46(68)30-67)47(54(75)63-43(27-35-19-9-4-10-20-35)52(73)64-45(32-79)55(76)77)65-49(70)40(23-13-14-24-56)59-53(74)44(28-36-29-58-39-22-12-11-21-37(36)39)62-51(72)42(26-34-17-7-3-8-18-34)61-50(71)41(60-48(69)38(57)31-78)25-33-15-5-2-6-16-33/h2-12,15-22,29,38,40-45,47,58,67,78-79H,13-14,23-28,30-32,56-57H2,1H3,(H,59,74)(H,60,69)(H,61,71)(H,62,72)(H,63,75)(H,64,73)(H,65,70)(H,76,77)/t38-,40-,41-,42-,43-,44+,45-,47-/m0/s1. The highest BCUT2D eigenvalue weighted by Gasteiger charge is 2.37. The second kappa shape index (κ2) is 31.6. The number of H-pyrrole nitrogens is 1. The first-order chi connectivity index (χ1) is 38.0. The number of nitrogens with zero attached hydrogens (tertiary/aromatic N) is 1. The van der Waals surface area contributed by atoms with Crippen molar-refractivity contribution in [1.29, 1.82) is 0 Å². The third-order valence-corrected chi connectivity index (χ3v) is 13.6. The summed E-state index contributed by atoms with van der Waals surface area (Å²) in [6, 6.07) is 23.8. The number of hydrogen-bond acceptors (Lipinski definition) is 14. The van der Waals surface area contributed by atoms with Gasteiger partial charge in [0.25, 0.3) is 5.91 Å². The van der Waals surface area contributed by atoms with Crippen LogP contribution in [-0.2, 0) is 68.8 Å². The first kappa shape index (κ1) is 62.1. The molecule has 0 radical (unpaired) electrons. The summed E-state index contributed by atoms with van der Waals surface area (Å²) in [5.41, 5.74) is 15.0. The number of likely N-dealkylation sites (N-methyl/N-ethyl adjacent to an activating group) is 1. The number of aliphatic hydroxyl groups is 1. The highest BCUT2D eigenvalue weighted by atomic mass is 32.1. The molecule has 1 aromatic heterocycles. The summed E-state index contributed by atoms with van der Waals surface area (Å²) < 4.78 is 0. The third-order valence-electron chi connectivity index (χ3n) is 12.8. The van der Waals surface area contributed by atoms with Crippen molar-refractivity contribution in [2.75, 3.05) is 31.7 Å². The average Bonchev–Trinajstić information content (AvgIpc) is 3.86. The molecule has 5 rings (SSSR count). The molecule has 4 aromatic carbocycles. The fourth-order valence-corrected chi connectivity index (χ4v) is 8.80. The van der Waals surface area contributed by atoms with Gasteiger partial charge in [-0.3, -0.25) is 38.4 Å². The van der Waals surface area contributed by atoms with E-state index in [0.29, 0.717) is 34.1 Å². The maximum atomic E-state index is 14.9. The van der Waals surface area contributed by atoms with Crippen molar-refractivity contribution >= 4 is 89.4 Å². The normalized spacial score (nSPS) is 14.1. The summed E-state index contributed by atoms with van der Waals surface area (Å²) in [5, 5.41) is 38.6. The lowest BCUT2D eigenvalue weighted by Crippen LogP contribution is -2.64. The summed E-state index contributed by atoms with van der Waals surface area (Å²) in [6.45, 7) is -0.899. The molecule has 24 heteroatoms. The van der Waals surface area contributed by atoms with Gasteiger partial charge in [0.2, 0.25) is 41.4 Å². The number of rotatable bonds is 31. The SMILES string of the molecule is CN(C(=O)CO)[C@H](NC(=O)[C@H](CCCCN)NC(=O)[C@@H](Cc1c[nH]c2ccccc12)NC(=O)[C@H](Cc1ccccc1)NC(=O)[C@H](Cc1ccccc1)NC(=O)[C@@H](N)CS)C(=O)N[C@@H](Cc1ccccc1)C(=O)N[C@@H](CS)C(=O)O. The molecular weight excluding hydrogens is 1050 g/mol. The van der Waals surface area contributed by atoms with Crippen molar-refractivity contribution < 1.29 is 53.4 Å². The van der Waals surface area contributed by atoms with Gasteiger partial charge in [0.1, 0.15) is 42.9 Å². The summed E-state index contributed by atoms with van der Waals surface area (Å²) >= 11 is 8.16. The number of aliphatic hydroxyl groups excluding tert-OH is 1. The van der Waals surface area contributed by atoms with Gasteiger partial charge < -0.3 is 68.8 Å². The van der Waals surface area contributed by atoms with Gasteiger partial charge in [0, 0.05) is 61.3 Å². The molecule has 0 bridgehead atoms. The average molecular weight is 1120 g/mol. The van der Waals surface area contributed by atoms with Crippen LogP contribution in [0.5, 0.6) is 0 Å². The number of aliphatic carboxylic acids is 1. The van der Waals surface area contributed by atoms with Crippen LogP contribution in [0.1, 0.15) is 41.5 Å². The second-order valence-electron chi connectivity index (χ2n) is 18.7. The molecule has 422 valence electrons. The Morgan fingerprint density at radius 2 is 0.949 bits per heavy atom. The third kappa shape index (κ3) is 19.0. The van der Waals surface area contributed by atoms with E-state index in [1.807, 2.05) is 18.2 Å². The van der Waals surface area contributed by atoms with E-state index in [2.05, 4.69) is 67.5 Å². The molecule has 0 saturated heterocycles. The first-order valence-corrected chi connectivity index (χ1v) is 26.8. The molecule has 79 heavy (non-hydrogen) atoms. The topological polar surface area (TPSA) is 349 Å². The summed E-state index contributed by atoms with van der Waals surface area (Å²) in [4.78, 5) is 129. The van der Waals surface area contributed by atoms with E-state index in [4.69, 9.17) is 11.5 Å². The fourth-order valence-electron chi connectivity index (χ4n) is 8.38. The molecule has 0 aliphatic heterocycles. The lowest BCUT2D eigenvalue weighted by Gasteiger charge is -2.31. The molecule has 14 N–H and O–H groups in total. The van der Waals surface area contributed by atoms with Crippen molar-refractivity contribution in [3.63, 3.8) is 0 Å². The number of thiol groups is 2. The van der Waals surface area contributed by atoms with Gasteiger partial charge in [0.05, 0.1) is 6.04 Å². The largest absolute Gasteiger partial charge is 0.480 e. The zero-order valence-corrected chi connectivity index (χ0v) is 45.3. The number of nitrogens with two attached hydrogens (primary N) is 2. The Hall–Kier alpha value is -7.77. The van der Waals surface area contributed by atoms with E-state index in [1.54, 1.807) is 103 Å². The molecule has 8 amide bonds. The van der Waals surface area contributed by atoms with Crippen LogP contribution in [0.25, 0.3) is 10.9 Å². The van der Waals surface area contributed by atoms with Crippen molar-refractivity contribution in [2.45, 2.75) is 93.4 Å². The number of para-hydroxylation sites is 1. The Kier molecular flexibility index (Phi) is 24.8. The van der Waals surface area contributed by atoms with E-state index in [1.165, 1.54) is 0 Å². The van der Waals surface area contributed by atoms with Crippen LogP contribution in [0.3, 0.4) is 0 Å². The monoisotopic (exact) mass is 1120 g/mol. The number of carbonyl (C=O) groups excluding carboxylic acids is 8. The summed E-state index contributed by atoms with van der Waals surface area (Å²) in [6.07, 6.45) is -0.0600. The van der Waals surface area contributed by atoms with Crippen molar-refractivity contribution in [3.05, 3.63) is 144 Å². The van der Waals surface area contributed by atoms with Crippen LogP contribution in [0.2, 0.25) is 0 Å². The maximum absolute atomic E-state index is 14.9. The Morgan fingerprint density at radius 3 is 1.41 bits per heavy atom. The van der Waals surface area contributed by atoms with E-state index >= 15 is 0 Å². The Balaban J connectivity index is 1.48. The molecule has 22 nitrogen and oxygen atoms in total. The van der Waals surface area contributed by atoms with Gasteiger partial charge in [-0.25, -0.2) is 4.79 Å². The predicted molar refractivity (Wildman–Crippen MR) is 302 cm³/mol. The lowest BCUT2D eigenvalue weighted by molar-refractivity contribution is -0.146. The minimum atomic E-state index is -1.93. The molecule has 1 heterocycles. The van der Waals surface area contributed by atoms with Gasteiger partial charge in [-0.15, -0.1) is 0 Å². The number of amides is 8. The Labute approximate surface area is 468 Å². The highest BCUT2D eigenvalue weighted by Crippen LogP contribution is 2.20. The van der Waals surface area contributed by atoms with E-state index in [0.717, 1.165) is 17.5 Å². The molecule has 0 aliphatic carbocycles. The molecule has 0 aliphatic rings. The van der Waals surface area contributed by atoms with Gasteiger partial charge in [-0.1, -0.05) is 109 Å². The number of aromatic nitrogens is 1. The van der Waals surface area contributed by atoms with Crippen molar-refractivity contribution in [1.82, 2.24) is 47.1 Å². The Morgan fingerprint density at radius 1 is 0.532 bits per heavy atom. The quantitative estimate of drug-likeness (QED) is 0.0153. The predicted octanol–water partition coefficient (Wildman–Crippen LogP) is -0.359.